The Morgan fingerprint density at radius 2 is 1.88 bits per heavy atom. The third kappa shape index (κ3) is 5.08. The molecular weight excluding hydrogens is 238 g/mol. The van der Waals surface area contributed by atoms with Crippen molar-refractivity contribution in [1.82, 2.24) is 4.72 Å². The molecule has 0 unspecified atom stereocenters. The zero-order valence-corrected chi connectivity index (χ0v) is 10.1. The van der Waals surface area contributed by atoms with E-state index in [0.29, 0.717) is 0 Å². The first-order chi connectivity index (χ1) is 7.10. The first kappa shape index (κ1) is 14.8. The van der Waals surface area contributed by atoms with Crippen molar-refractivity contribution in [2.24, 2.45) is 0 Å². The number of rotatable bonds is 6. The fourth-order valence-electron chi connectivity index (χ4n) is 0.958. The molecule has 0 fully saturated rings. The monoisotopic (exact) mass is 253 g/mol. The average molecular weight is 253 g/mol. The minimum atomic E-state index is -3.82. The van der Waals surface area contributed by atoms with Crippen LogP contribution in [0.2, 0.25) is 0 Å². The largest absolute Gasteiger partial charge is 0.481 e. The van der Waals surface area contributed by atoms with Crippen molar-refractivity contribution in [1.29, 1.82) is 0 Å². The number of esters is 1. The van der Waals surface area contributed by atoms with E-state index in [4.69, 9.17) is 5.11 Å². The first-order valence-corrected chi connectivity index (χ1v) is 6.08. The van der Waals surface area contributed by atoms with Crippen LogP contribution in [-0.4, -0.2) is 43.9 Å². The van der Waals surface area contributed by atoms with Crippen molar-refractivity contribution < 1.29 is 27.9 Å². The molecule has 0 atom stereocenters. The fraction of sp³-hybridized carbons (Fsp3) is 0.750. The molecule has 0 aliphatic carbocycles. The maximum atomic E-state index is 11.4. The van der Waals surface area contributed by atoms with Gasteiger partial charge in [-0.2, -0.15) is 4.72 Å². The minimum absolute atomic E-state index is 0.521. The lowest BCUT2D eigenvalue weighted by molar-refractivity contribution is -0.146. The number of sulfonamides is 1. The summed E-state index contributed by atoms with van der Waals surface area (Å²) in [4.78, 5) is 21.4. The third-order valence-corrected chi connectivity index (χ3v) is 3.25. The number of ether oxygens (including phenoxy) is 1. The van der Waals surface area contributed by atoms with Gasteiger partial charge in [-0.05, 0) is 13.8 Å². The van der Waals surface area contributed by atoms with Gasteiger partial charge in [0.1, 0.15) is 5.54 Å². The Labute approximate surface area is 93.8 Å². The van der Waals surface area contributed by atoms with Gasteiger partial charge in [0.2, 0.25) is 10.0 Å². The van der Waals surface area contributed by atoms with E-state index in [9.17, 15) is 18.0 Å². The molecule has 0 radical (unpaired) electrons. The molecule has 8 heteroatoms. The predicted octanol–water partition coefficient (Wildman–Crippen LogP) is -0.668. The normalized spacial score (nSPS) is 12.2. The third-order valence-electron chi connectivity index (χ3n) is 1.69. The number of carboxylic acids is 1. The van der Waals surface area contributed by atoms with Crippen LogP contribution in [0.15, 0.2) is 0 Å². The van der Waals surface area contributed by atoms with E-state index in [0.717, 1.165) is 7.11 Å². The molecule has 0 aromatic heterocycles. The summed E-state index contributed by atoms with van der Waals surface area (Å²) in [6.07, 6.45) is -0.521. The Morgan fingerprint density at radius 1 is 1.38 bits per heavy atom. The Balaban J connectivity index is 4.58. The van der Waals surface area contributed by atoms with Crippen molar-refractivity contribution in [3.8, 4) is 0 Å². The van der Waals surface area contributed by atoms with Crippen LogP contribution >= 0.6 is 0 Å². The summed E-state index contributed by atoms with van der Waals surface area (Å²) < 4.78 is 29.3. The van der Waals surface area contributed by atoms with E-state index in [2.05, 4.69) is 9.46 Å². The van der Waals surface area contributed by atoms with Gasteiger partial charge in [-0.15, -0.1) is 0 Å². The highest BCUT2D eigenvalue weighted by Crippen LogP contribution is 2.07. The maximum absolute atomic E-state index is 11.4. The Hall–Kier alpha value is -1.15. The molecule has 0 heterocycles. The van der Waals surface area contributed by atoms with Crippen LogP contribution in [0.5, 0.6) is 0 Å². The summed E-state index contributed by atoms with van der Waals surface area (Å²) in [7, 11) is -2.69. The fourth-order valence-corrected chi connectivity index (χ4v) is 2.36. The summed E-state index contributed by atoms with van der Waals surface area (Å²) in [5, 5.41) is 8.35. The highest BCUT2D eigenvalue weighted by Gasteiger charge is 2.33. The molecule has 0 bridgehead atoms. The van der Waals surface area contributed by atoms with Gasteiger partial charge in [-0.3, -0.25) is 9.59 Å². The summed E-state index contributed by atoms with van der Waals surface area (Å²) in [6, 6.07) is 0. The second kappa shape index (κ2) is 5.26. The number of hydrogen-bond acceptors (Lipinski definition) is 5. The second-order valence-electron chi connectivity index (χ2n) is 3.68. The van der Waals surface area contributed by atoms with Crippen LogP contribution < -0.4 is 4.72 Å². The SMILES string of the molecule is COC(=O)C(C)(C)NS(=O)(=O)CCC(=O)O. The molecule has 16 heavy (non-hydrogen) atoms. The van der Waals surface area contributed by atoms with E-state index < -0.39 is 39.7 Å². The van der Waals surface area contributed by atoms with Gasteiger partial charge in [-0.25, -0.2) is 8.42 Å². The molecule has 0 saturated carbocycles. The molecule has 0 saturated heterocycles. The van der Waals surface area contributed by atoms with Crippen LogP contribution in [0, 0.1) is 0 Å². The van der Waals surface area contributed by atoms with Gasteiger partial charge in [0.15, 0.2) is 0 Å². The number of methoxy groups -OCH3 is 1. The van der Waals surface area contributed by atoms with Crippen LogP contribution in [0.25, 0.3) is 0 Å². The maximum Gasteiger partial charge on any atom is 0.326 e. The molecule has 0 spiro atoms. The lowest BCUT2D eigenvalue weighted by Crippen LogP contribution is -2.51. The summed E-state index contributed by atoms with van der Waals surface area (Å²) >= 11 is 0. The van der Waals surface area contributed by atoms with Crippen LogP contribution in [0.1, 0.15) is 20.3 Å². The molecule has 0 amide bonds. The zero-order valence-electron chi connectivity index (χ0n) is 9.31. The van der Waals surface area contributed by atoms with E-state index >= 15 is 0 Å². The molecule has 0 aliphatic heterocycles. The van der Waals surface area contributed by atoms with Crippen molar-refractivity contribution in [2.75, 3.05) is 12.9 Å². The van der Waals surface area contributed by atoms with Crippen molar-refractivity contribution in [2.45, 2.75) is 25.8 Å². The second-order valence-corrected chi connectivity index (χ2v) is 5.52. The number of hydrogen-bond donors (Lipinski definition) is 2. The Morgan fingerprint density at radius 3 is 2.25 bits per heavy atom. The number of nitrogens with one attached hydrogen (secondary N) is 1. The molecule has 0 aromatic carbocycles. The number of carbonyl (C=O) groups excluding carboxylic acids is 1. The van der Waals surface area contributed by atoms with Crippen LogP contribution in [0.4, 0.5) is 0 Å². The molecule has 94 valence electrons. The minimum Gasteiger partial charge on any atom is -0.481 e. The number of carbonyl (C=O) groups is 2. The zero-order chi connectivity index (χ0) is 13.0. The average Bonchev–Trinajstić information content (AvgIpc) is 2.12. The lowest BCUT2D eigenvalue weighted by Gasteiger charge is -2.22. The van der Waals surface area contributed by atoms with Crippen molar-refractivity contribution in [3.05, 3.63) is 0 Å². The van der Waals surface area contributed by atoms with Gasteiger partial charge in [0, 0.05) is 0 Å². The van der Waals surface area contributed by atoms with Crippen molar-refractivity contribution in [3.63, 3.8) is 0 Å². The first-order valence-electron chi connectivity index (χ1n) is 4.42. The number of carboxylic acid groups (broad SMARTS) is 1. The molecule has 0 aliphatic rings. The summed E-state index contributed by atoms with van der Waals surface area (Å²) in [6.45, 7) is 2.66. The highest BCUT2D eigenvalue weighted by molar-refractivity contribution is 7.89. The Kier molecular flexibility index (Phi) is 4.88. The summed E-state index contributed by atoms with van der Waals surface area (Å²) in [5.41, 5.74) is -1.41. The van der Waals surface area contributed by atoms with Gasteiger partial charge in [-0.1, -0.05) is 0 Å². The summed E-state index contributed by atoms with van der Waals surface area (Å²) in [5.74, 6) is -2.55. The standard InChI is InChI=1S/C8H15NO6S/c1-8(2,7(12)15-3)9-16(13,14)5-4-6(10)11/h9H,4-5H2,1-3H3,(H,10,11). The van der Waals surface area contributed by atoms with Crippen LogP contribution in [0.3, 0.4) is 0 Å². The smallest absolute Gasteiger partial charge is 0.326 e. The molecule has 2 N–H and O–H groups in total. The molecule has 0 rings (SSSR count). The van der Waals surface area contributed by atoms with E-state index in [1.165, 1.54) is 13.8 Å². The van der Waals surface area contributed by atoms with E-state index in [1.54, 1.807) is 0 Å². The van der Waals surface area contributed by atoms with Crippen LogP contribution in [-0.2, 0) is 24.3 Å². The van der Waals surface area contributed by atoms with Gasteiger partial charge in [0.05, 0.1) is 19.3 Å². The number of aliphatic carboxylic acids is 1. The predicted molar refractivity (Wildman–Crippen MR) is 55.3 cm³/mol. The Bertz CT molecular complexity index is 372. The lowest BCUT2D eigenvalue weighted by atomic mass is 10.1. The molecule has 7 nitrogen and oxygen atoms in total. The van der Waals surface area contributed by atoms with Crippen molar-refractivity contribution >= 4 is 22.0 Å². The quantitative estimate of drug-likeness (QED) is 0.608. The molecular formula is C8H15NO6S. The van der Waals surface area contributed by atoms with Gasteiger partial charge < -0.3 is 9.84 Å². The van der Waals surface area contributed by atoms with E-state index in [-0.39, 0.29) is 0 Å². The van der Waals surface area contributed by atoms with Gasteiger partial charge in [0.25, 0.3) is 0 Å². The topological polar surface area (TPSA) is 110 Å². The molecule has 0 aromatic rings. The van der Waals surface area contributed by atoms with E-state index in [1.807, 2.05) is 0 Å². The van der Waals surface area contributed by atoms with Gasteiger partial charge >= 0.3 is 11.9 Å². The highest BCUT2D eigenvalue weighted by atomic mass is 32.2.